The van der Waals surface area contributed by atoms with Gasteiger partial charge in [-0.2, -0.15) is 0 Å². The number of hydrogen-bond acceptors (Lipinski definition) is 4. The van der Waals surface area contributed by atoms with Crippen molar-refractivity contribution < 1.29 is 14.3 Å². The van der Waals surface area contributed by atoms with Crippen LogP contribution in [0.3, 0.4) is 0 Å². The van der Waals surface area contributed by atoms with Crippen molar-refractivity contribution in [1.82, 2.24) is 9.80 Å². The van der Waals surface area contributed by atoms with Gasteiger partial charge in [-0.3, -0.25) is 9.59 Å². The predicted molar refractivity (Wildman–Crippen MR) is 139 cm³/mol. The van der Waals surface area contributed by atoms with Crippen molar-refractivity contribution in [2.45, 2.75) is 19.4 Å². The van der Waals surface area contributed by atoms with Gasteiger partial charge in [0.15, 0.2) is 0 Å². The fourth-order valence-electron chi connectivity index (χ4n) is 4.12. The smallest absolute Gasteiger partial charge is 0.254 e. The Balaban J connectivity index is 1.52. The van der Waals surface area contributed by atoms with Crippen LogP contribution in [0.1, 0.15) is 32.4 Å². The van der Waals surface area contributed by atoms with E-state index in [9.17, 15) is 9.59 Å². The molecule has 0 aliphatic carbocycles. The fourth-order valence-corrected chi connectivity index (χ4v) is 5.44. The van der Waals surface area contributed by atoms with Crippen molar-refractivity contribution in [2.24, 2.45) is 0 Å². The largest absolute Gasteiger partial charge is 0.491 e. The molecule has 1 aliphatic heterocycles. The number of amides is 2. The molecule has 0 bridgehead atoms. The Bertz CT molecular complexity index is 1170. The van der Waals surface area contributed by atoms with Gasteiger partial charge in [-0.1, -0.05) is 45.8 Å². The molecule has 0 fully saturated rings. The predicted octanol–water partition coefficient (Wildman–Crippen LogP) is 5.65. The van der Waals surface area contributed by atoms with E-state index in [0.717, 1.165) is 22.2 Å². The molecular formula is C27H27BrN2O3S. The number of thiophene rings is 1. The van der Waals surface area contributed by atoms with Gasteiger partial charge in [0.05, 0.1) is 6.04 Å². The first-order valence-electron chi connectivity index (χ1n) is 11.2. The van der Waals surface area contributed by atoms with Crippen LogP contribution >= 0.6 is 27.3 Å². The number of carbonyl (C=O) groups is 2. The zero-order chi connectivity index (χ0) is 24.1. The van der Waals surface area contributed by atoms with Crippen LogP contribution in [-0.2, 0) is 11.2 Å². The van der Waals surface area contributed by atoms with Crippen molar-refractivity contribution in [3.8, 4) is 5.75 Å². The lowest BCUT2D eigenvalue weighted by Crippen LogP contribution is -2.47. The van der Waals surface area contributed by atoms with Gasteiger partial charge in [-0.05, 0) is 60.7 Å². The van der Waals surface area contributed by atoms with Gasteiger partial charge < -0.3 is 14.5 Å². The Morgan fingerprint density at radius 3 is 2.76 bits per heavy atom. The Morgan fingerprint density at radius 2 is 2.03 bits per heavy atom. The molecule has 1 aliphatic rings. The zero-order valence-corrected chi connectivity index (χ0v) is 21.5. The molecule has 3 aromatic rings. The number of halogens is 1. The SMILES string of the molecule is C=CCN(CC(=O)N1CCc2sccc2C1COc1ccc(C)cc1)C(=O)c1cccc(Br)c1. The van der Waals surface area contributed by atoms with Crippen LogP contribution < -0.4 is 4.74 Å². The lowest BCUT2D eigenvalue weighted by molar-refractivity contribution is -0.135. The Hall–Kier alpha value is -2.90. The summed E-state index contributed by atoms with van der Waals surface area (Å²) in [5.74, 6) is 0.480. The van der Waals surface area contributed by atoms with Crippen molar-refractivity contribution in [3.63, 3.8) is 0 Å². The monoisotopic (exact) mass is 538 g/mol. The minimum atomic E-state index is -0.199. The van der Waals surface area contributed by atoms with Gasteiger partial charge in [-0.25, -0.2) is 0 Å². The van der Waals surface area contributed by atoms with Gasteiger partial charge in [0.25, 0.3) is 5.91 Å². The Kier molecular flexibility index (Phi) is 7.85. The maximum atomic E-state index is 13.5. The molecule has 4 rings (SSSR count). The third-order valence-corrected chi connectivity index (χ3v) is 7.37. The van der Waals surface area contributed by atoms with E-state index >= 15 is 0 Å². The molecule has 1 atom stereocenters. The number of benzene rings is 2. The number of rotatable bonds is 8. The second-order valence-electron chi connectivity index (χ2n) is 8.26. The number of aryl methyl sites for hydroxylation is 1. The first-order chi connectivity index (χ1) is 16.5. The Morgan fingerprint density at radius 1 is 1.24 bits per heavy atom. The highest BCUT2D eigenvalue weighted by Gasteiger charge is 2.33. The van der Waals surface area contributed by atoms with E-state index in [0.29, 0.717) is 25.3 Å². The van der Waals surface area contributed by atoms with Gasteiger partial charge in [0.1, 0.15) is 18.9 Å². The van der Waals surface area contributed by atoms with Gasteiger partial charge in [0, 0.05) is 28.0 Å². The molecule has 34 heavy (non-hydrogen) atoms. The number of ether oxygens (including phenoxy) is 1. The van der Waals surface area contributed by atoms with E-state index in [-0.39, 0.29) is 24.4 Å². The molecule has 0 N–H and O–H groups in total. The highest BCUT2D eigenvalue weighted by Crippen LogP contribution is 2.34. The summed E-state index contributed by atoms with van der Waals surface area (Å²) in [5, 5.41) is 2.07. The second-order valence-corrected chi connectivity index (χ2v) is 10.2. The molecule has 1 aromatic heterocycles. The zero-order valence-electron chi connectivity index (χ0n) is 19.1. The molecule has 7 heteroatoms. The normalized spacial score (nSPS) is 14.9. The second kappa shape index (κ2) is 11.0. The van der Waals surface area contributed by atoms with E-state index in [1.807, 2.05) is 48.2 Å². The molecule has 0 saturated carbocycles. The molecule has 0 spiro atoms. The van der Waals surface area contributed by atoms with Crippen molar-refractivity contribution in [3.05, 3.63) is 98.7 Å². The van der Waals surface area contributed by atoms with Crippen molar-refractivity contribution in [1.29, 1.82) is 0 Å². The summed E-state index contributed by atoms with van der Waals surface area (Å²) < 4.78 is 6.92. The van der Waals surface area contributed by atoms with Crippen LogP contribution in [0.25, 0.3) is 0 Å². The van der Waals surface area contributed by atoms with Crippen LogP contribution in [0.15, 0.2) is 77.1 Å². The first-order valence-corrected chi connectivity index (χ1v) is 12.8. The molecule has 2 heterocycles. The van der Waals surface area contributed by atoms with E-state index in [4.69, 9.17) is 4.74 Å². The van der Waals surface area contributed by atoms with Gasteiger partial charge in [0.2, 0.25) is 5.91 Å². The summed E-state index contributed by atoms with van der Waals surface area (Å²) >= 11 is 5.13. The maximum absolute atomic E-state index is 13.5. The average Bonchev–Trinajstić information content (AvgIpc) is 3.32. The quantitative estimate of drug-likeness (QED) is 0.348. The average molecular weight is 539 g/mol. The summed E-state index contributed by atoms with van der Waals surface area (Å²) in [6.07, 6.45) is 2.45. The first kappa shape index (κ1) is 24.2. The van der Waals surface area contributed by atoms with Crippen molar-refractivity contribution >= 4 is 39.1 Å². The third kappa shape index (κ3) is 5.59. The summed E-state index contributed by atoms with van der Waals surface area (Å²) in [6.45, 7) is 7.04. The fraction of sp³-hybridized carbons (Fsp3) is 0.259. The summed E-state index contributed by atoms with van der Waals surface area (Å²) in [5.41, 5.74) is 2.83. The number of hydrogen-bond donors (Lipinski definition) is 0. The molecule has 1 unspecified atom stereocenters. The molecule has 0 saturated heterocycles. The standard InChI is InChI=1S/C27H27BrN2O3S/c1-3-13-29(27(32)20-5-4-6-21(28)16-20)17-26(31)30-14-11-25-23(12-15-34-25)24(30)18-33-22-9-7-19(2)8-10-22/h3-10,12,15-16,24H,1,11,13-14,17-18H2,2H3. The van der Waals surface area contributed by atoms with E-state index in [1.54, 1.807) is 29.5 Å². The van der Waals surface area contributed by atoms with E-state index < -0.39 is 0 Å². The minimum Gasteiger partial charge on any atom is -0.491 e. The maximum Gasteiger partial charge on any atom is 0.254 e. The summed E-state index contributed by atoms with van der Waals surface area (Å²) in [6, 6.07) is 17.0. The van der Waals surface area contributed by atoms with Crippen LogP contribution in [0, 0.1) is 6.92 Å². The highest BCUT2D eigenvalue weighted by molar-refractivity contribution is 9.10. The topological polar surface area (TPSA) is 49.9 Å². The summed E-state index contributed by atoms with van der Waals surface area (Å²) in [7, 11) is 0. The molecule has 176 valence electrons. The Labute approximate surface area is 212 Å². The number of fused-ring (bicyclic) bond motifs is 1. The van der Waals surface area contributed by atoms with E-state index in [1.165, 1.54) is 15.3 Å². The molecule has 0 radical (unpaired) electrons. The molecule has 2 aromatic carbocycles. The molecule has 5 nitrogen and oxygen atoms in total. The van der Waals surface area contributed by atoms with Crippen LogP contribution in [0.4, 0.5) is 0 Å². The number of nitrogens with zero attached hydrogens (tertiary/aromatic N) is 2. The highest BCUT2D eigenvalue weighted by atomic mass is 79.9. The molecular weight excluding hydrogens is 512 g/mol. The van der Waals surface area contributed by atoms with Crippen LogP contribution in [0.2, 0.25) is 0 Å². The van der Waals surface area contributed by atoms with Crippen molar-refractivity contribution in [2.75, 3.05) is 26.2 Å². The summed E-state index contributed by atoms with van der Waals surface area (Å²) in [4.78, 5) is 31.3. The van der Waals surface area contributed by atoms with Gasteiger partial charge in [-0.15, -0.1) is 17.9 Å². The lowest BCUT2D eigenvalue weighted by atomic mass is 10.0. The van der Waals surface area contributed by atoms with E-state index in [2.05, 4.69) is 34.0 Å². The van der Waals surface area contributed by atoms with Crippen LogP contribution in [-0.4, -0.2) is 47.9 Å². The van der Waals surface area contributed by atoms with Gasteiger partial charge >= 0.3 is 0 Å². The molecule has 2 amide bonds. The van der Waals surface area contributed by atoms with Crippen LogP contribution in [0.5, 0.6) is 5.75 Å². The number of carbonyl (C=O) groups excluding carboxylic acids is 2. The minimum absolute atomic E-state index is 0.0160. The lowest BCUT2D eigenvalue weighted by Gasteiger charge is -2.37. The third-order valence-electron chi connectivity index (χ3n) is 5.88.